The molecule has 20 heavy (non-hydrogen) atoms. The number of hydrogen-bond donors (Lipinski definition) is 1. The Balaban J connectivity index is 1.86. The van der Waals surface area contributed by atoms with E-state index in [1.54, 1.807) is 31.2 Å². The number of benzene rings is 1. The van der Waals surface area contributed by atoms with Crippen LogP contribution in [0.15, 0.2) is 34.9 Å². The van der Waals surface area contributed by atoms with Gasteiger partial charge in [0.15, 0.2) is 5.89 Å². The van der Waals surface area contributed by atoms with Gasteiger partial charge in [0.05, 0.1) is 11.4 Å². The number of oxazole rings is 1. The minimum atomic E-state index is -3.36. The first-order valence-electron chi connectivity index (χ1n) is 6.07. The fourth-order valence-corrected chi connectivity index (χ4v) is 2.98. The molecule has 2 aromatic rings. The molecule has 1 aromatic heterocycles. The second-order valence-electron chi connectivity index (χ2n) is 4.39. The number of sulfonamides is 1. The Hall–Kier alpha value is -1.37. The van der Waals surface area contributed by atoms with Crippen molar-refractivity contribution in [2.75, 3.05) is 6.54 Å². The van der Waals surface area contributed by atoms with Crippen LogP contribution in [0.3, 0.4) is 0 Å². The monoisotopic (exact) mass is 314 g/mol. The summed E-state index contributed by atoms with van der Waals surface area (Å²) in [6, 6.07) is 6.74. The number of halogens is 1. The van der Waals surface area contributed by atoms with E-state index in [4.69, 9.17) is 16.0 Å². The Kier molecular flexibility index (Phi) is 4.80. The van der Waals surface area contributed by atoms with Crippen LogP contribution >= 0.6 is 11.6 Å². The second-order valence-corrected chi connectivity index (χ2v) is 6.63. The van der Waals surface area contributed by atoms with Gasteiger partial charge in [0.2, 0.25) is 10.0 Å². The van der Waals surface area contributed by atoms with Crippen molar-refractivity contribution >= 4 is 21.6 Å². The van der Waals surface area contributed by atoms with Crippen molar-refractivity contribution in [3.05, 3.63) is 52.7 Å². The van der Waals surface area contributed by atoms with Crippen molar-refractivity contribution < 1.29 is 12.8 Å². The normalized spacial score (nSPS) is 11.7. The predicted octanol–water partition coefficient (Wildman–Crippen LogP) is 2.30. The third-order valence-corrected chi connectivity index (χ3v) is 4.25. The van der Waals surface area contributed by atoms with Crippen LogP contribution in [0.1, 0.15) is 17.1 Å². The Bertz CT molecular complexity index is 665. The summed E-state index contributed by atoms with van der Waals surface area (Å²) in [5.74, 6) is 0.506. The fraction of sp³-hybridized carbons (Fsp3) is 0.308. The summed E-state index contributed by atoms with van der Waals surface area (Å²) in [7, 11) is -3.36. The van der Waals surface area contributed by atoms with Gasteiger partial charge in [-0.3, -0.25) is 0 Å². The van der Waals surface area contributed by atoms with Gasteiger partial charge in [-0.25, -0.2) is 18.1 Å². The number of aryl methyl sites for hydroxylation is 1. The Morgan fingerprint density at radius 1 is 1.30 bits per heavy atom. The summed E-state index contributed by atoms with van der Waals surface area (Å²) in [4.78, 5) is 4.11. The van der Waals surface area contributed by atoms with Gasteiger partial charge in [-0.15, -0.1) is 0 Å². The first-order chi connectivity index (χ1) is 9.44. The predicted molar refractivity (Wildman–Crippen MR) is 77.0 cm³/mol. The van der Waals surface area contributed by atoms with E-state index < -0.39 is 10.0 Å². The van der Waals surface area contributed by atoms with Crippen molar-refractivity contribution in [1.29, 1.82) is 0 Å². The average Bonchev–Trinajstić information content (AvgIpc) is 2.77. The molecule has 0 bridgehead atoms. The van der Waals surface area contributed by atoms with Crippen molar-refractivity contribution in [2.24, 2.45) is 0 Å². The zero-order valence-electron chi connectivity index (χ0n) is 11.0. The third-order valence-electron chi connectivity index (χ3n) is 2.64. The highest BCUT2D eigenvalue weighted by molar-refractivity contribution is 7.88. The number of nitrogens with zero attached hydrogens (tertiary/aromatic N) is 1. The van der Waals surface area contributed by atoms with Gasteiger partial charge < -0.3 is 4.42 Å². The van der Waals surface area contributed by atoms with Crippen molar-refractivity contribution in [2.45, 2.75) is 19.1 Å². The smallest absolute Gasteiger partial charge is 0.215 e. The third kappa shape index (κ3) is 4.63. The van der Waals surface area contributed by atoms with E-state index in [0.29, 0.717) is 29.4 Å². The van der Waals surface area contributed by atoms with Gasteiger partial charge in [-0.05, 0) is 17.7 Å². The highest BCUT2D eigenvalue weighted by Gasteiger charge is 2.11. The standard InChI is InChI=1S/C13H15ClN2O3S/c1-10-16-13(8-19-10)6-7-15-20(17,18)9-11-2-4-12(14)5-3-11/h2-5,8,15H,6-7,9H2,1H3. The number of nitrogens with one attached hydrogen (secondary N) is 1. The van der Waals surface area contributed by atoms with E-state index in [9.17, 15) is 8.42 Å². The zero-order valence-corrected chi connectivity index (χ0v) is 12.5. The van der Waals surface area contributed by atoms with Crippen molar-refractivity contribution in [3.63, 3.8) is 0 Å². The maximum atomic E-state index is 11.9. The molecule has 0 aliphatic heterocycles. The molecule has 0 radical (unpaired) electrons. The van der Waals surface area contributed by atoms with Gasteiger partial charge in [-0.2, -0.15) is 0 Å². The highest BCUT2D eigenvalue weighted by atomic mass is 35.5. The molecule has 0 fully saturated rings. The molecule has 2 rings (SSSR count). The molecule has 0 aliphatic rings. The summed E-state index contributed by atoms with van der Waals surface area (Å²) in [6.07, 6.45) is 2.03. The van der Waals surface area contributed by atoms with Crippen LogP contribution in [-0.4, -0.2) is 19.9 Å². The van der Waals surface area contributed by atoms with Crippen molar-refractivity contribution in [1.82, 2.24) is 9.71 Å². The molecule has 108 valence electrons. The van der Waals surface area contributed by atoms with Crippen LogP contribution in [0, 0.1) is 6.92 Å². The number of hydrogen-bond acceptors (Lipinski definition) is 4. The lowest BCUT2D eigenvalue weighted by molar-refractivity contribution is 0.520. The first kappa shape index (κ1) is 15.0. The van der Waals surface area contributed by atoms with Crippen LogP contribution in [0.25, 0.3) is 0 Å². The molecule has 0 atom stereocenters. The zero-order chi connectivity index (χ0) is 14.6. The SMILES string of the molecule is Cc1nc(CCNS(=O)(=O)Cc2ccc(Cl)cc2)co1. The maximum absolute atomic E-state index is 11.9. The fourth-order valence-electron chi connectivity index (χ4n) is 1.71. The largest absolute Gasteiger partial charge is 0.449 e. The summed E-state index contributed by atoms with van der Waals surface area (Å²) in [6.45, 7) is 2.04. The van der Waals surface area contributed by atoms with E-state index in [2.05, 4.69) is 9.71 Å². The van der Waals surface area contributed by atoms with E-state index in [-0.39, 0.29) is 5.75 Å². The highest BCUT2D eigenvalue weighted by Crippen LogP contribution is 2.11. The average molecular weight is 315 g/mol. The van der Waals surface area contributed by atoms with Gasteiger partial charge in [0.1, 0.15) is 6.26 Å². The van der Waals surface area contributed by atoms with E-state index >= 15 is 0 Å². The maximum Gasteiger partial charge on any atom is 0.215 e. The summed E-state index contributed by atoms with van der Waals surface area (Å²) >= 11 is 5.76. The van der Waals surface area contributed by atoms with Crippen LogP contribution in [-0.2, 0) is 22.2 Å². The van der Waals surface area contributed by atoms with Crippen LogP contribution in [0.5, 0.6) is 0 Å². The van der Waals surface area contributed by atoms with E-state index in [1.807, 2.05) is 0 Å². The topological polar surface area (TPSA) is 72.2 Å². The Labute approximate surface area is 123 Å². The molecule has 5 nitrogen and oxygen atoms in total. The molecule has 0 spiro atoms. The van der Waals surface area contributed by atoms with Crippen LogP contribution in [0.2, 0.25) is 5.02 Å². The Morgan fingerprint density at radius 2 is 2.00 bits per heavy atom. The van der Waals surface area contributed by atoms with Gasteiger partial charge in [0, 0.05) is 24.9 Å². The lowest BCUT2D eigenvalue weighted by Crippen LogP contribution is -2.27. The van der Waals surface area contributed by atoms with Gasteiger partial charge >= 0.3 is 0 Å². The minimum absolute atomic E-state index is 0.0674. The summed E-state index contributed by atoms with van der Waals surface area (Å²) < 4.78 is 31.4. The molecular weight excluding hydrogens is 300 g/mol. The first-order valence-corrected chi connectivity index (χ1v) is 8.10. The molecule has 1 heterocycles. The van der Waals surface area contributed by atoms with E-state index in [0.717, 1.165) is 5.69 Å². The molecule has 7 heteroatoms. The molecule has 0 saturated heterocycles. The quantitative estimate of drug-likeness (QED) is 0.888. The second kappa shape index (κ2) is 6.39. The van der Waals surface area contributed by atoms with Crippen LogP contribution in [0.4, 0.5) is 0 Å². The molecule has 0 aliphatic carbocycles. The minimum Gasteiger partial charge on any atom is -0.449 e. The molecule has 0 saturated carbocycles. The van der Waals surface area contributed by atoms with Gasteiger partial charge in [0.25, 0.3) is 0 Å². The summed E-state index contributed by atoms with van der Waals surface area (Å²) in [5.41, 5.74) is 1.43. The molecule has 1 N–H and O–H groups in total. The molecule has 0 amide bonds. The number of rotatable bonds is 6. The Morgan fingerprint density at radius 3 is 2.60 bits per heavy atom. The van der Waals surface area contributed by atoms with Crippen molar-refractivity contribution in [3.8, 4) is 0 Å². The molecular formula is C13H15ClN2O3S. The summed E-state index contributed by atoms with van der Waals surface area (Å²) in [5, 5.41) is 0.584. The molecule has 0 unspecified atom stereocenters. The van der Waals surface area contributed by atoms with Crippen LogP contribution < -0.4 is 4.72 Å². The van der Waals surface area contributed by atoms with E-state index in [1.165, 1.54) is 6.26 Å². The lowest BCUT2D eigenvalue weighted by Gasteiger charge is -2.06. The lowest BCUT2D eigenvalue weighted by atomic mass is 10.2. The number of aromatic nitrogens is 1. The molecule has 1 aromatic carbocycles. The van der Waals surface area contributed by atoms with Gasteiger partial charge in [-0.1, -0.05) is 23.7 Å².